The van der Waals surface area contributed by atoms with Crippen LogP contribution < -0.4 is 9.80 Å². The smallest absolute Gasteiger partial charge is 0.266 e. The van der Waals surface area contributed by atoms with E-state index in [2.05, 4.69) is 154 Å². The zero-order valence-electron chi connectivity index (χ0n) is 43.0. The first kappa shape index (κ1) is 56.6. The quantitative estimate of drug-likeness (QED) is 0.0399. The summed E-state index contributed by atoms with van der Waals surface area (Å²) in [4.78, 5) is 56.3. The Labute approximate surface area is 495 Å². The third-order valence-corrected chi connectivity index (χ3v) is 20.6. The molecule has 0 radical (unpaired) electrons. The molecule has 20 heteroatoms. The maximum Gasteiger partial charge on any atom is 0.266 e. The van der Waals surface area contributed by atoms with Gasteiger partial charge in [-0.05, 0) is 182 Å². The number of carbonyl (C=O) groups excluding carboxylic acids is 4. The molecule has 0 aliphatic carbocycles. The van der Waals surface area contributed by atoms with Crippen LogP contribution in [0.3, 0.4) is 0 Å². The highest BCUT2D eigenvalue weighted by Gasteiger charge is 2.38. The van der Waals surface area contributed by atoms with Crippen molar-refractivity contribution in [2.45, 2.75) is 92.2 Å². The van der Waals surface area contributed by atoms with Gasteiger partial charge in [-0.1, -0.05) is 100 Å². The van der Waals surface area contributed by atoms with Crippen molar-refractivity contribution in [3.05, 3.63) is 167 Å². The molecule has 0 spiro atoms. The van der Waals surface area contributed by atoms with E-state index < -0.39 is 16.1 Å². The number of carbonyl (C=O) groups is 4. The van der Waals surface area contributed by atoms with Crippen LogP contribution in [0.5, 0.6) is 0 Å². The van der Waals surface area contributed by atoms with Crippen LogP contribution in [0.2, 0.25) is 64.0 Å². The molecule has 0 saturated carbocycles. The number of aromatic nitrogens is 4. The van der Waals surface area contributed by atoms with Crippen molar-refractivity contribution in [2.24, 2.45) is 0 Å². The third kappa shape index (κ3) is 13.8. The van der Waals surface area contributed by atoms with E-state index in [0.29, 0.717) is 53.1 Å². The lowest BCUT2D eigenvalue weighted by Gasteiger charge is -2.15. The number of amides is 4. The highest BCUT2D eigenvalue weighted by molar-refractivity contribution is 14.1. The SMILES string of the molecule is C[Si](C)(C)CCOCn1nc(I)c2ccc(I)cc21.C[Si](C)(C)CCOCn1nc(I)c2ccc(Sc3cccc(N4C(=O)c5ccccc5C4=O)c3)cc21.O=C1c2ccccc2C(=O)N1c1cccc(SB2CC2)c1. The van der Waals surface area contributed by atoms with E-state index in [4.69, 9.17) is 9.47 Å². The topological polar surface area (TPSA) is 129 Å². The second kappa shape index (κ2) is 24.5. The van der Waals surface area contributed by atoms with Gasteiger partial charge in [-0.25, -0.2) is 19.2 Å². The lowest BCUT2D eigenvalue weighted by atomic mass is 10.1. The molecule has 0 N–H and O–H groups in total. The molecule has 1 fully saturated rings. The molecule has 390 valence electrons. The molecule has 3 aliphatic rings. The second-order valence-electron chi connectivity index (χ2n) is 21.0. The molecule has 3 aliphatic heterocycles. The molecule has 6 aromatic carbocycles. The predicted octanol–water partition coefficient (Wildman–Crippen LogP) is 15.0. The van der Waals surface area contributed by atoms with Crippen LogP contribution in [0.25, 0.3) is 21.8 Å². The number of fused-ring (bicyclic) bond motifs is 4. The van der Waals surface area contributed by atoms with E-state index in [-0.39, 0.29) is 23.6 Å². The lowest BCUT2D eigenvalue weighted by molar-refractivity contribution is 0.0813. The van der Waals surface area contributed by atoms with Crippen molar-refractivity contribution < 1.29 is 28.7 Å². The van der Waals surface area contributed by atoms with Crippen LogP contribution in [0.1, 0.15) is 41.4 Å². The maximum atomic E-state index is 12.9. The Morgan fingerprint density at radius 2 is 0.934 bits per heavy atom. The molecular weight excluding hydrogens is 1360 g/mol. The van der Waals surface area contributed by atoms with Gasteiger partial charge in [-0.15, -0.1) is 0 Å². The number of nitrogens with zero attached hydrogens (tertiary/aromatic N) is 6. The molecule has 2 aromatic heterocycles. The monoisotopic (exact) mass is 1420 g/mol. The van der Waals surface area contributed by atoms with E-state index in [0.717, 1.165) is 57.8 Å². The average molecular weight is 1420 g/mol. The number of anilines is 2. The van der Waals surface area contributed by atoms with E-state index in [1.54, 1.807) is 66.4 Å². The summed E-state index contributed by atoms with van der Waals surface area (Å²) in [5.74, 6) is -0.339. The molecular formula is C56H56BI3N6O6S2Si2. The fourth-order valence-electron chi connectivity index (χ4n) is 8.28. The summed E-state index contributed by atoms with van der Waals surface area (Å²) in [5, 5.41) is 11.5. The minimum absolute atomic E-state index is 0.232. The molecule has 0 atom stereocenters. The summed E-state index contributed by atoms with van der Waals surface area (Å²) in [6, 6.07) is 44.2. The standard InChI is InChI=1S/C27H26IN3O3SSi.C16H12BNO2S.C13H18I2N2OSi/c1-36(2,3)14-13-34-17-30-24-16-20(11-12-23(24)25(28)29-30)35-19-8-6-7-18(15-19)31-26(32)21-9-4-5-10-22(21)27(31)33;19-15-13-6-1-2-7-14(13)16(20)18(15)11-4-3-5-12(10-11)21-17-8-9-17;1-19(2,3)7-6-18-9-17-12-8-10(14)4-5-11(12)13(15)16-17/h4-12,15-16H,13-14,17H2,1-3H3;1-7,10H,8-9H2;4-5,8H,6-7,9H2,1-3H3. The van der Waals surface area contributed by atoms with Crippen molar-refractivity contribution in [1.82, 2.24) is 19.6 Å². The number of rotatable bonds is 16. The molecule has 5 heterocycles. The summed E-state index contributed by atoms with van der Waals surface area (Å²) in [6.45, 7) is 16.7. The molecule has 0 bridgehead atoms. The third-order valence-electron chi connectivity index (χ3n) is 12.6. The van der Waals surface area contributed by atoms with Gasteiger partial charge in [0.1, 0.15) is 20.9 Å². The Kier molecular flexibility index (Phi) is 18.2. The van der Waals surface area contributed by atoms with Gasteiger partial charge in [-0.2, -0.15) is 21.8 Å². The van der Waals surface area contributed by atoms with Gasteiger partial charge >= 0.3 is 0 Å². The Morgan fingerprint density at radius 3 is 1.39 bits per heavy atom. The number of hydrogen-bond acceptors (Lipinski definition) is 10. The van der Waals surface area contributed by atoms with Crippen molar-refractivity contribution in [3.8, 4) is 0 Å². The highest BCUT2D eigenvalue weighted by Crippen LogP contribution is 2.40. The van der Waals surface area contributed by atoms with Crippen molar-refractivity contribution in [1.29, 1.82) is 0 Å². The summed E-state index contributed by atoms with van der Waals surface area (Å²) in [7, 11) is -2.15. The van der Waals surface area contributed by atoms with Gasteiger partial charge in [0.2, 0.25) is 5.99 Å². The number of ether oxygens (including phenoxy) is 2. The van der Waals surface area contributed by atoms with Gasteiger partial charge in [0, 0.05) is 53.5 Å². The summed E-state index contributed by atoms with van der Waals surface area (Å²) in [6.07, 6.45) is 2.50. The Bertz CT molecular complexity index is 3440. The van der Waals surface area contributed by atoms with Crippen LogP contribution in [-0.4, -0.2) is 78.5 Å². The zero-order valence-corrected chi connectivity index (χ0v) is 53.1. The van der Waals surface area contributed by atoms with E-state index in [1.807, 2.05) is 63.4 Å². The Morgan fingerprint density at radius 1 is 0.513 bits per heavy atom. The lowest BCUT2D eigenvalue weighted by Crippen LogP contribution is -2.29. The molecule has 76 heavy (non-hydrogen) atoms. The van der Waals surface area contributed by atoms with Crippen LogP contribution >= 0.6 is 91.1 Å². The van der Waals surface area contributed by atoms with E-state index in [9.17, 15) is 19.2 Å². The van der Waals surface area contributed by atoms with Gasteiger partial charge < -0.3 is 9.47 Å². The molecule has 0 unspecified atom stereocenters. The number of hydrogen-bond donors (Lipinski definition) is 0. The van der Waals surface area contributed by atoms with E-state index >= 15 is 0 Å². The molecule has 12 nitrogen and oxygen atoms in total. The minimum Gasteiger partial charge on any atom is -0.360 e. The first-order chi connectivity index (χ1) is 36.3. The molecule has 4 amide bonds. The number of imide groups is 2. The highest BCUT2D eigenvalue weighted by atomic mass is 127. The Balaban J connectivity index is 0.000000150. The first-order valence-corrected chi connectivity index (χ1v) is 37.3. The number of benzene rings is 6. The van der Waals surface area contributed by atoms with Gasteiger partial charge in [0.05, 0.1) is 44.7 Å². The molecule has 8 aromatic rings. The average Bonchev–Trinajstić information content (AvgIpc) is 3.93. The zero-order chi connectivity index (χ0) is 53.9. The van der Waals surface area contributed by atoms with Crippen LogP contribution in [0, 0.1) is 11.0 Å². The minimum atomic E-state index is -1.14. The predicted molar refractivity (Wildman–Crippen MR) is 339 cm³/mol. The van der Waals surface area contributed by atoms with Crippen molar-refractivity contribution in [2.75, 3.05) is 23.0 Å². The largest absolute Gasteiger partial charge is 0.360 e. The maximum absolute atomic E-state index is 12.9. The normalized spacial score (nSPS) is 14.0. The Hall–Kier alpha value is -4.15. The summed E-state index contributed by atoms with van der Waals surface area (Å²) < 4.78 is 18.8. The molecule has 1 saturated heterocycles. The molecule has 11 rings (SSSR count). The van der Waals surface area contributed by atoms with Gasteiger partial charge in [0.15, 0.2) is 0 Å². The first-order valence-electron chi connectivity index (χ1n) is 25.0. The van der Waals surface area contributed by atoms with Gasteiger partial charge in [-0.3, -0.25) is 19.2 Å². The van der Waals surface area contributed by atoms with E-state index in [1.165, 1.54) is 37.4 Å². The van der Waals surface area contributed by atoms with Crippen LogP contribution in [0.15, 0.2) is 148 Å². The second-order valence-corrected chi connectivity index (χ2v) is 38.1. The van der Waals surface area contributed by atoms with Crippen molar-refractivity contribution >= 4 is 170 Å². The fraction of sp³-hybridized carbons (Fsp3) is 0.250. The summed E-state index contributed by atoms with van der Waals surface area (Å²) >= 11 is 10.3. The fourth-order valence-corrected chi connectivity index (χ4v) is 13.7. The summed E-state index contributed by atoms with van der Waals surface area (Å²) in [5.41, 5.74) is 5.28. The van der Waals surface area contributed by atoms with Crippen molar-refractivity contribution in [3.63, 3.8) is 0 Å². The van der Waals surface area contributed by atoms with Crippen LogP contribution in [-0.2, 0) is 22.9 Å². The number of halogens is 3. The van der Waals surface area contributed by atoms with Gasteiger partial charge in [0.25, 0.3) is 23.6 Å². The van der Waals surface area contributed by atoms with Crippen LogP contribution in [0.4, 0.5) is 11.4 Å².